The van der Waals surface area contributed by atoms with Crippen LogP contribution in [0.5, 0.6) is 0 Å². The van der Waals surface area contributed by atoms with Gasteiger partial charge in [0.05, 0.1) is 18.2 Å². The molecule has 1 unspecified atom stereocenters. The van der Waals surface area contributed by atoms with E-state index in [1.165, 1.54) is 11.3 Å². The Morgan fingerprint density at radius 2 is 1.92 bits per heavy atom. The molecule has 3 rings (SSSR count). The Balaban J connectivity index is 1.62. The van der Waals surface area contributed by atoms with Crippen molar-refractivity contribution < 1.29 is 4.79 Å². The van der Waals surface area contributed by atoms with Crippen LogP contribution in [0.4, 0.5) is 0 Å². The number of hydrogen-bond acceptors (Lipinski definition) is 3. The first-order valence-electron chi connectivity index (χ1n) is 7.76. The van der Waals surface area contributed by atoms with Gasteiger partial charge in [0.1, 0.15) is 5.01 Å². The molecule has 0 fully saturated rings. The third kappa shape index (κ3) is 4.82. The Morgan fingerprint density at radius 3 is 2.64 bits per heavy atom. The van der Waals surface area contributed by atoms with E-state index in [2.05, 4.69) is 10.3 Å². The number of rotatable bonds is 5. The van der Waals surface area contributed by atoms with Crippen LogP contribution in [-0.4, -0.2) is 10.9 Å². The van der Waals surface area contributed by atoms with Crippen molar-refractivity contribution in [1.29, 1.82) is 0 Å². The number of benzene rings is 2. The lowest BCUT2D eigenvalue weighted by Gasteiger charge is -2.14. The van der Waals surface area contributed by atoms with E-state index in [0.29, 0.717) is 10.0 Å². The summed E-state index contributed by atoms with van der Waals surface area (Å²) in [5.74, 6) is -0.0644. The minimum absolute atomic E-state index is 0.0644. The second kappa shape index (κ2) is 8.00. The van der Waals surface area contributed by atoms with Gasteiger partial charge in [0.25, 0.3) is 0 Å². The van der Waals surface area contributed by atoms with Gasteiger partial charge in [-0.3, -0.25) is 4.79 Å². The molecule has 25 heavy (non-hydrogen) atoms. The Kier molecular flexibility index (Phi) is 5.74. The van der Waals surface area contributed by atoms with Gasteiger partial charge in [0.15, 0.2) is 0 Å². The molecule has 1 N–H and O–H groups in total. The maximum atomic E-state index is 12.3. The molecule has 3 nitrogen and oxygen atoms in total. The van der Waals surface area contributed by atoms with Crippen LogP contribution < -0.4 is 5.32 Å². The predicted molar refractivity (Wildman–Crippen MR) is 104 cm³/mol. The van der Waals surface area contributed by atoms with Crippen LogP contribution in [0, 0.1) is 0 Å². The summed E-state index contributed by atoms with van der Waals surface area (Å²) in [4.78, 5) is 16.8. The van der Waals surface area contributed by atoms with E-state index < -0.39 is 0 Å². The fraction of sp³-hybridized carbons (Fsp3) is 0.158. The summed E-state index contributed by atoms with van der Waals surface area (Å²) in [6, 6.07) is 14.9. The number of hydrogen-bond donors (Lipinski definition) is 1. The van der Waals surface area contributed by atoms with Crippen LogP contribution in [-0.2, 0) is 11.2 Å². The zero-order chi connectivity index (χ0) is 17.8. The normalized spacial score (nSPS) is 12.0. The fourth-order valence-electron chi connectivity index (χ4n) is 2.43. The molecule has 6 heteroatoms. The van der Waals surface area contributed by atoms with Gasteiger partial charge in [-0.05, 0) is 36.8 Å². The summed E-state index contributed by atoms with van der Waals surface area (Å²) in [5, 5.41) is 7.10. The quantitative estimate of drug-likeness (QED) is 0.621. The largest absolute Gasteiger partial charge is 0.349 e. The summed E-state index contributed by atoms with van der Waals surface area (Å²) in [6.07, 6.45) is 0.245. The molecule has 1 heterocycles. The van der Waals surface area contributed by atoms with Gasteiger partial charge in [-0.2, -0.15) is 0 Å². The number of thiazole rings is 1. The Bertz CT molecular complexity index is 877. The summed E-state index contributed by atoms with van der Waals surface area (Å²) in [6.45, 7) is 1.94. The Labute approximate surface area is 160 Å². The highest BCUT2D eigenvalue weighted by Gasteiger charge is 2.13. The third-order valence-electron chi connectivity index (χ3n) is 3.71. The van der Waals surface area contributed by atoms with Gasteiger partial charge in [-0.1, -0.05) is 47.5 Å². The molecule has 1 amide bonds. The number of nitrogens with zero attached hydrogens (tertiary/aromatic N) is 1. The van der Waals surface area contributed by atoms with Crippen molar-refractivity contribution in [2.24, 2.45) is 0 Å². The maximum Gasteiger partial charge on any atom is 0.226 e. The first kappa shape index (κ1) is 17.9. The SMILES string of the molecule is CC(NC(=O)Cc1csc(-c2cccc(Cl)c2)n1)c1ccc(Cl)cc1. The number of nitrogens with one attached hydrogen (secondary N) is 1. The highest BCUT2D eigenvalue weighted by atomic mass is 35.5. The zero-order valence-corrected chi connectivity index (χ0v) is 15.8. The lowest BCUT2D eigenvalue weighted by molar-refractivity contribution is -0.121. The summed E-state index contributed by atoms with van der Waals surface area (Å²) < 4.78 is 0. The lowest BCUT2D eigenvalue weighted by Crippen LogP contribution is -2.28. The Morgan fingerprint density at radius 1 is 1.16 bits per heavy atom. The molecule has 0 saturated carbocycles. The second-order valence-electron chi connectivity index (χ2n) is 5.67. The number of halogens is 2. The molecule has 3 aromatic rings. The Hall–Kier alpha value is -1.88. The van der Waals surface area contributed by atoms with Crippen molar-refractivity contribution in [2.45, 2.75) is 19.4 Å². The van der Waals surface area contributed by atoms with Crippen molar-refractivity contribution in [1.82, 2.24) is 10.3 Å². The van der Waals surface area contributed by atoms with Crippen LogP contribution in [0.25, 0.3) is 10.6 Å². The first-order chi connectivity index (χ1) is 12.0. The molecule has 128 valence electrons. The van der Waals surface area contributed by atoms with Crippen molar-refractivity contribution in [3.05, 3.63) is 75.2 Å². The third-order valence-corrected chi connectivity index (χ3v) is 5.14. The molecule has 0 saturated heterocycles. The average Bonchev–Trinajstić information content (AvgIpc) is 3.03. The number of amides is 1. The molecular weight excluding hydrogens is 375 g/mol. The fourth-order valence-corrected chi connectivity index (χ4v) is 3.57. The minimum atomic E-state index is -0.0872. The minimum Gasteiger partial charge on any atom is -0.349 e. The highest BCUT2D eigenvalue weighted by molar-refractivity contribution is 7.13. The number of carbonyl (C=O) groups is 1. The van der Waals surface area contributed by atoms with E-state index in [9.17, 15) is 4.79 Å². The monoisotopic (exact) mass is 390 g/mol. The van der Waals surface area contributed by atoms with Gasteiger partial charge in [0.2, 0.25) is 5.91 Å². The van der Waals surface area contributed by atoms with E-state index in [1.54, 1.807) is 0 Å². The summed E-state index contributed by atoms with van der Waals surface area (Å²) in [7, 11) is 0. The molecule has 0 aliphatic carbocycles. The smallest absolute Gasteiger partial charge is 0.226 e. The molecule has 0 aliphatic heterocycles. The molecule has 0 radical (unpaired) electrons. The van der Waals surface area contributed by atoms with Crippen LogP contribution in [0.3, 0.4) is 0 Å². The van der Waals surface area contributed by atoms with Gasteiger partial charge in [0, 0.05) is 21.0 Å². The topological polar surface area (TPSA) is 42.0 Å². The lowest BCUT2D eigenvalue weighted by atomic mass is 10.1. The predicted octanol–water partition coefficient (Wildman–Crippen LogP) is 5.54. The average molecular weight is 391 g/mol. The van der Waals surface area contributed by atoms with Crippen LogP contribution in [0.15, 0.2) is 53.9 Å². The van der Waals surface area contributed by atoms with E-state index >= 15 is 0 Å². The standard InChI is InChI=1S/C19H16Cl2N2OS/c1-12(13-5-7-15(20)8-6-13)22-18(24)10-17-11-25-19(23-17)14-3-2-4-16(21)9-14/h2-9,11-12H,10H2,1H3,(H,22,24). The molecule has 1 atom stereocenters. The zero-order valence-electron chi connectivity index (χ0n) is 13.5. The van der Waals surface area contributed by atoms with Crippen molar-refractivity contribution in [3.63, 3.8) is 0 Å². The van der Waals surface area contributed by atoms with Crippen molar-refractivity contribution in [2.75, 3.05) is 0 Å². The molecule has 1 aromatic heterocycles. The van der Waals surface area contributed by atoms with Crippen molar-refractivity contribution >= 4 is 40.4 Å². The first-order valence-corrected chi connectivity index (χ1v) is 9.40. The summed E-state index contributed by atoms with van der Waals surface area (Å²) in [5.41, 5.74) is 2.72. The van der Waals surface area contributed by atoms with E-state index in [-0.39, 0.29) is 18.4 Å². The van der Waals surface area contributed by atoms with Gasteiger partial charge in [-0.15, -0.1) is 11.3 Å². The molecule has 0 aliphatic rings. The molecular formula is C19H16Cl2N2OS. The van der Waals surface area contributed by atoms with Gasteiger partial charge in [-0.25, -0.2) is 4.98 Å². The van der Waals surface area contributed by atoms with Crippen LogP contribution in [0.1, 0.15) is 24.2 Å². The van der Waals surface area contributed by atoms with Crippen molar-refractivity contribution in [3.8, 4) is 10.6 Å². The van der Waals surface area contributed by atoms with Gasteiger partial charge >= 0.3 is 0 Å². The van der Waals surface area contributed by atoms with Crippen LogP contribution in [0.2, 0.25) is 10.0 Å². The van der Waals surface area contributed by atoms with Crippen LogP contribution >= 0.6 is 34.5 Å². The highest BCUT2D eigenvalue weighted by Crippen LogP contribution is 2.26. The summed E-state index contributed by atoms with van der Waals surface area (Å²) >= 11 is 13.4. The van der Waals surface area contributed by atoms with Gasteiger partial charge < -0.3 is 5.32 Å². The number of carbonyl (C=O) groups excluding carboxylic acids is 1. The maximum absolute atomic E-state index is 12.3. The van der Waals surface area contributed by atoms with E-state index in [1.807, 2.05) is 60.8 Å². The van der Waals surface area contributed by atoms with E-state index in [0.717, 1.165) is 21.8 Å². The molecule has 0 bridgehead atoms. The van der Waals surface area contributed by atoms with E-state index in [4.69, 9.17) is 23.2 Å². The number of aromatic nitrogens is 1. The molecule has 0 spiro atoms. The second-order valence-corrected chi connectivity index (χ2v) is 7.40. The molecule has 2 aromatic carbocycles.